The van der Waals surface area contributed by atoms with Crippen LogP contribution in [0.5, 0.6) is 11.9 Å². The van der Waals surface area contributed by atoms with Gasteiger partial charge in [0, 0.05) is 31.6 Å². The molecule has 0 amide bonds. The highest BCUT2D eigenvalue weighted by Gasteiger charge is 2.36. The number of halogens is 2. The van der Waals surface area contributed by atoms with E-state index in [0.29, 0.717) is 35.6 Å². The van der Waals surface area contributed by atoms with Gasteiger partial charge in [0.1, 0.15) is 5.69 Å². The summed E-state index contributed by atoms with van der Waals surface area (Å²) in [6.45, 7) is 0.174. The Morgan fingerprint density at radius 2 is 2.04 bits per heavy atom. The maximum absolute atomic E-state index is 14.0. The second-order valence-electron chi connectivity index (χ2n) is 6.27. The molecule has 0 spiro atoms. The van der Waals surface area contributed by atoms with Gasteiger partial charge in [-0.2, -0.15) is 10.1 Å². The van der Waals surface area contributed by atoms with Gasteiger partial charge in [-0.3, -0.25) is 0 Å². The molecule has 27 heavy (non-hydrogen) atoms. The predicted octanol–water partition coefficient (Wildman–Crippen LogP) is 2.44. The van der Waals surface area contributed by atoms with Gasteiger partial charge in [0.25, 0.3) is 5.92 Å². The molecule has 10 heteroatoms. The minimum atomic E-state index is -2.73. The Labute approximate surface area is 153 Å². The third-order valence-corrected chi connectivity index (χ3v) is 4.46. The molecule has 0 atom stereocenters. The molecule has 0 aliphatic carbocycles. The minimum absolute atomic E-state index is 0.105. The number of fused-ring (bicyclic) bond motifs is 1. The minimum Gasteiger partial charge on any atom is -0.480 e. The first-order valence-electron chi connectivity index (χ1n) is 8.43. The van der Waals surface area contributed by atoms with Crippen LogP contribution in [0.2, 0.25) is 0 Å². The number of hydrogen-bond donors (Lipinski definition) is 0. The molecule has 1 saturated heterocycles. The van der Waals surface area contributed by atoms with Crippen molar-refractivity contribution in [1.29, 1.82) is 0 Å². The Morgan fingerprint density at radius 1 is 1.19 bits per heavy atom. The van der Waals surface area contributed by atoms with Crippen LogP contribution >= 0.6 is 0 Å². The van der Waals surface area contributed by atoms with E-state index in [9.17, 15) is 8.78 Å². The van der Waals surface area contributed by atoms with Crippen molar-refractivity contribution in [3.63, 3.8) is 0 Å². The molecule has 0 aromatic carbocycles. The lowest BCUT2D eigenvalue weighted by Crippen LogP contribution is -2.42. The lowest BCUT2D eigenvalue weighted by atomic mass is 10.1. The third kappa shape index (κ3) is 3.22. The topological polar surface area (TPSA) is 77.7 Å². The molecule has 0 N–H and O–H groups in total. The lowest BCUT2D eigenvalue weighted by Gasteiger charge is -2.34. The molecule has 8 nitrogen and oxygen atoms in total. The summed E-state index contributed by atoms with van der Waals surface area (Å²) in [5.74, 6) is -2.45. The van der Waals surface area contributed by atoms with E-state index < -0.39 is 5.92 Å². The number of alkyl halides is 2. The summed E-state index contributed by atoms with van der Waals surface area (Å²) in [6, 6.07) is 1.88. The molecule has 142 valence electrons. The number of anilines is 1. The van der Waals surface area contributed by atoms with Crippen molar-refractivity contribution in [2.24, 2.45) is 0 Å². The van der Waals surface area contributed by atoms with Gasteiger partial charge in [-0.1, -0.05) is 0 Å². The molecule has 0 unspecified atom stereocenters. The van der Waals surface area contributed by atoms with Gasteiger partial charge in [-0.25, -0.2) is 23.3 Å². The van der Waals surface area contributed by atoms with Crippen LogP contribution in [0.15, 0.2) is 24.7 Å². The molecule has 4 heterocycles. The quantitative estimate of drug-likeness (QED) is 0.692. The van der Waals surface area contributed by atoms with E-state index in [1.54, 1.807) is 27.9 Å². The fourth-order valence-corrected chi connectivity index (χ4v) is 3.22. The average Bonchev–Trinajstić information content (AvgIpc) is 3.14. The van der Waals surface area contributed by atoms with Crippen LogP contribution in [0.4, 0.5) is 14.5 Å². The number of nitrogens with zero attached hydrogens (tertiary/aromatic N) is 6. The standard InChI is InChI=1S/C17H18F2N6O2/c1-26-15-11(9-21-16(22-15)27-2)12-8-13(14-20-5-7-25(14)23-12)24-6-3-4-17(18,19)10-24/h5,7-9H,3-4,6,10H2,1-2H3. The Balaban J connectivity index is 1.84. The van der Waals surface area contributed by atoms with Crippen molar-refractivity contribution in [3.05, 3.63) is 24.7 Å². The van der Waals surface area contributed by atoms with Crippen LogP contribution in [0, 0.1) is 0 Å². The summed E-state index contributed by atoms with van der Waals surface area (Å²) in [7, 11) is 2.94. The van der Waals surface area contributed by atoms with E-state index in [2.05, 4.69) is 20.1 Å². The summed E-state index contributed by atoms with van der Waals surface area (Å²) >= 11 is 0. The molecule has 3 aromatic rings. The van der Waals surface area contributed by atoms with E-state index >= 15 is 0 Å². The first kappa shape index (κ1) is 17.4. The summed E-state index contributed by atoms with van der Waals surface area (Å²) in [5, 5.41) is 4.50. The van der Waals surface area contributed by atoms with Crippen molar-refractivity contribution in [3.8, 4) is 23.1 Å². The monoisotopic (exact) mass is 376 g/mol. The van der Waals surface area contributed by atoms with Gasteiger partial charge in [0.2, 0.25) is 5.88 Å². The van der Waals surface area contributed by atoms with Gasteiger partial charge >= 0.3 is 6.01 Å². The van der Waals surface area contributed by atoms with Gasteiger partial charge in [-0.15, -0.1) is 0 Å². The van der Waals surface area contributed by atoms with Crippen LogP contribution in [0.25, 0.3) is 16.9 Å². The van der Waals surface area contributed by atoms with E-state index in [0.717, 1.165) is 0 Å². The van der Waals surface area contributed by atoms with Crippen molar-refractivity contribution in [2.75, 3.05) is 32.2 Å². The number of rotatable bonds is 4. The third-order valence-electron chi connectivity index (χ3n) is 4.46. The lowest BCUT2D eigenvalue weighted by molar-refractivity contribution is -0.0116. The molecular weight excluding hydrogens is 358 g/mol. The first-order chi connectivity index (χ1) is 13.0. The summed E-state index contributed by atoms with van der Waals surface area (Å²) in [4.78, 5) is 14.2. The highest BCUT2D eigenvalue weighted by Crippen LogP contribution is 2.35. The number of aromatic nitrogens is 5. The summed E-state index contributed by atoms with van der Waals surface area (Å²) in [6.07, 6.45) is 5.09. The summed E-state index contributed by atoms with van der Waals surface area (Å²) in [5.41, 5.74) is 2.12. The molecule has 1 aliphatic heterocycles. The predicted molar refractivity (Wildman–Crippen MR) is 93.5 cm³/mol. The van der Waals surface area contributed by atoms with E-state index in [1.807, 2.05) is 0 Å². The fraction of sp³-hybridized carbons (Fsp3) is 0.412. The molecule has 3 aromatic heterocycles. The molecule has 1 fully saturated rings. The van der Waals surface area contributed by atoms with Crippen LogP contribution in [0.3, 0.4) is 0 Å². The highest BCUT2D eigenvalue weighted by molar-refractivity contribution is 5.76. The van der Waals surface area contributed by atoms with Gasteiger partial charge in [0.05, 0.1) is 32.0 Å². The zero-order chi connectivity index (χ0) is 19.0. The number of piperidine rings is 1. The van der Waals surface area contributed by atoms with Crippen LogP contribution in [-0.4, -0.2) is 57.8 Å². The van der Waals surface area contributed by atoms with Crippen LogP contribution in [0.1, 0.15) is 12.8 Å². The number of methoxy groups -OCH3 is 2. The van der Waals surface area contributed by atoms with E-state index in [-0.39, 0.29) is 24.9 Å². The zero-order valence-electron chi connectivity index (χ0n) is 14.9. The molecule has 0 saturated carbocycles. The second-order valence-corrected chi connectivity index (χ2v) is 6.27. The summed E-state index contributed by atoms with van der Waals surface area (Å²) < 4.78 is 39.8. The fourth-order valence-electron chi connectivity index (χ4n) is 3.22. The Bertz CT molecular complexity index is 977. The maximum atomic E-state index is 14.0. The van der Waals surface area contributed by atoms with Crippen LogP contribution in [-0.2, 0) is 0 Å². The van der Waals surface area contributed by atoms with E-state index in [1.165, 1.54) is 20.4 Å². The van der Waals surface area contributed by atoms with Gasteiger partial charge in [-0.05, 0) is 12.5 Å². The SMILES string of the molecule is COc1ncc(-c2cc(N3CCCC(F)(F)C3)c3nccn3n2)c(OC)n1. The normalized spacial score (nSPS) is 16.5. The second kappa shape index (κ2) is 6.60. The number of hydrogen-bond acceptors (Lipinski definition) is 7. The largest absolute Gasteiger partial charge is 0.480 e. The maximum Gasteiger partial charge on any atom is 0.319 e. The zero-order valence-corrected chi connectivity index (χ0v) is 14.9. The molecule has 4 rings (SSSR count). The van der Waals surface area contributed by atoms with Crippen molar-refractivity contribution in [1.82, 2.24) is 24.6 Å². The number of imidazole rings is 1. The van der Waals surface area contributed by atoms with E-state index in [4.69, 9.17) is 9.47 Å². The Kier molecular flexibility index (Phi) is 4.25. The average molecular weight is 376 g/mol. The Hall–Kier alpha value is -3.04. The van der Waals surface area contributed by atoms with Crippen molar-refractivity contribution < 1.29 is 18.3 Å². The molecule has 0 radical (unpaired) electrons. The van der Waals surface area contributed by atoms with Crippen molar-refractivity contribution in [2.45, 2.75) is 18.8 Å². The molecule has 1 aliphatic rings. The number of ether oxygens (including phenoxy) is 2. The molecule has 0 bridgehead atoms. The van der Waals surface area contributed by atoms with Gasteiger partial charge in [0.15, 0.2) is 5.65 Å². The van der Waals surface area contributed by atoms with Gasteiger partial charge < -0.3 is 14.4 Å². The smallest absolute Gasteiger partial charge is 0.319 e. The highest BCUT2D eigenvalue weighted by atomic mass is 19.3. The Morgan fingerprint density at radius 3 is 2.78 bits per heavy atom. The van der Waals surface area contributed by atoms with Crippen LogP contribution < -0.4 is 14.4 Å². The molecular formula is C17H18F2N6O2. The van der Waals surface area contributed by atoms with Crippen molar-refractivity contribution >= 4 is 11.3 Å². The first-order valence-corrected chi connectivity index (χ1v) is 8.43.